The number of hydrogen-bond donors (Lipinski definition) is 2. The van der Waals surface area contributed by atoms with E-state index < -0.39 is 6.04 Å². The summed E-state index contributed by atoms with van der Waals surface area (Å²) < 4.78 is 7.00. The topological polar surface area (TPSA) is 105 Å². The van der Waals surface area contributed by atoms with E-state index in [4.69, 9.17) is 4.74 Å². The van der Waals surface area contributed by atoms with Crippen molar-refractivity contribution in [1.82, 2.24) is 30.2 Å². The largest absolute Gasteiger partial charge is 0.497 e. The predicted octanol–water partition coefficient (Wildman–Crippen LogP) is 2.06. The van der Waals surface area contributed by atoms with Gasteiger partial charge in [0.15, 0.2) is 0 Å². The number of fused-ring (bicyclic) bond motifs is 2. The fourth-order valence-corrected chi connectivity index (χ4v) is 4.07. The molecule has 9 nitrogen and oxygen atoms in total. The average molecular weight is 425 g/mol. The Morgan fingerprint density at radius 1 is 1.39 bits per heavy atom. The molecule has 4 rings (SSSR count). The highest BCUT2D eigenvalue weighted by molar-refractivity contribution is 5.87. The molecule has 0 bridgehead atoms. The van der Waals surface area contributed by atoms with E-state index in [1.165, 1.54) is 0 Å². The molecular formula is C22H28N6O3. The summed E-state index contributed by atoms with van der Waals surface area (Å²) in [5.74, 6) is 0.876. The van der Waals surface area contributed by atoms with Crippen LogP contribution >= 0.6 is 0 Å². The van der Waals surface area contributed by atoms with Gasteiger partial charge >= 0.3 is 0 Å². The molecule has 0 fully saturated rings. The van der Waals surface area contributed by atoms with Crippen molar-refractivity contribution in [2.45, 2.75) is 39.3 Å². The third-order valence-electron chi connectivity index (χ3n) is 5.61. The molecule has 2 N–H and O–H groups in total. The highest BCUT2D eigenvalue weighted by atomic mass is 16.5. The molecule has 0 aliphatic carbocycles. The van der Waals surface area contributed by atoms with E-state index in [2.05, 4.69) is 34.5 Å². The maximum Gasteiger partial charge on any atom is 0.248 e. The van der Waals surface area contributed by atoms with Crippen LogP contribution in [0.5, 0.6) is 5.75 Å². The minimum absolute atomic E-state index is 0.0281. The SMILES string of the molecule is COc1ccc2[nH]cc(CCNC(=O)CN3Cc4cnnn4[C@@H](CC(C)C)C3=O)c2c1. The van der Waals surface area contributed by atoms with Crippen LogP contribution in [0.1, 0.15) is 37.6 Å². The summed E-state index contributed by atoms with van der Waals surface area (Å²) >= 11 is 0. The molecule has 31 heavy (non-hydrogen) atoms. The normalized spacial score (nSPS) is 16.1. The van der Waals surface area contributed by atoms with Gasteiger partial charge < -0.3 is 19.9 Å². The van der Waals surface area contributed by atoms with Crippen molar-refractivity contribution >= 4 is 22.7 Å². The number of aromatic nitrogens is 4. The molecule has 3 heterocycles. The molecule has 1 atom stereocenters. The minimum Gasteiger partial charge on any atom is -0.497 e. The van der Waals surface area contributed by atoms with Crippen LogP contribution < -0.4 is 10.1 Å². The van der Waals surface area contributed by atoms with E-state index in [0.717, 1.165) is 27.9 Å². The maximum atomic E-state index is 13.0. The van der Waals surface area contributed by atoms with Crippen LogP contribution in [-0.4, -0.2) is 56.9 Å². The molecule has 2 aromatic heterocycles. The molecule has 0 unspecified atom stereocenters. The van der Waals surface area contributed by atoms with Crippen molar-refractivity contribution in [2.75, 3.05) is 20.2 Å². The number of aromatic amines is 1. The lowest BCUT2D eigenvalue weighted by Crippen LogP contribution is -2.47. The summed E-state index contributed by atoms with van der Waals surface area (Å²) in [6.45, 7) is 4.99. The molecule has 0 saturated heterocycles. The average Bonchev–Trinajstić information content (AvgIpc) is 3.37. The second kappa shape index (κ2) is 8.79. The molecule has 1 aliphatic heterocycles. The number of methoxy groups -OCH3 is 1. The van der Waals surface area contributed by atoms with Gasteiger partial charge in [0.25, 0.3) is 0 Å². The Kier molecular flexibility index (Phi) is 5.92. The number of hydrogen-bond acceptors (Lipinski definition) is 5. The molecule has 0 saturated carbocycles. The molecule has 1 aromatic carbocycles. The maximum absolute atomic E-state index is 13.0. The van der Waals surface area contributed by atoms with Crippen LogP contribution in [-0.2, 0) is 22.6 Å². The second-order valence-corrected chi connectivity index (χ2v) is 8.33. The fraction of sp³-hybridized carbons (Fsp3) is 0.455. The molecule has 2 amide bonds. The van der Waals surface area contributed by atoms with E-state index in [9.17, 15) is 9.59 Å². The number of nitrogens with one attached hydrogen (secondary N) is 2. The van der Waals surface area contributed by atoms with Crippen molar-refractivity contribution in [3.05, 3.63) is 41.9 Å². The lowest BCUT2D eigenvalue weighted by Gasteiger charge is -2.33. The third-order valence-corrected chi connectivity index (χ3v) is 5.61. The Hall–Kier alpha value is -3.36. The zero-order valence-electron chi connectivity index (χ0n) is 18.1. The zero-order valence-corrected chi connectivity index (χ0v) is 18.1. The van der Waals surface area contributed by atoms with Crippen molar-refractivity contribution in [1.29, 1.82) is 0 Å². The molecule has 1 aliphatic rings. The number of carbonyl (C=O) groups excluding carboxylic acids is 2. The van der Waals surface area contributed by atoms with Gasteiger partial charge in [0.2, 0.25) is 11.8 Å². The molecular weight excluding hydrogens is 396 g/mol. The molecule has 164 valence electrons. The van der Waals surface area contributed by atoms with Crippen LogP contribution in [0.3, 0.4) is 0 Å². The molecule has 9 heteroatoms. The van der Waals surface area contributed by atoms with E-state index in [1.807, 2.05) is 24.4 Å². The van der Waals surface area contributed by atoms with E-state index >= 15 is 0 Å². The molecule has 3 aromatic rings. The fourth-order valence-electron chi connectivity index (χ4n) is 4.07. The van der Waals surface area contributed by atoms with Gasteiger partial charge in [0.05, 0.1) is 32.1 Å². The predicted molar refractivity (Wildman–Crippen MR) is 115 cm³/mol. The van der Waals surface area contributed by atoms with Gasteiger partial charge in [-0.25, -0.2) is 4.68 Å². The van der Waals surface area contributed by atoms with Crippen LogP contribution in [0.2, 0.25) is 0 Å². The van der Waals surface area contributed by atoms with Gasteiger partial charge in [-0.2, -0.15) is 0 Å². The number of nitrogens with zero attached hydrogens (tertiary/aromatic N) is 4. The lowest BCUT2D eigenvalue weighted by atomic mass is 10.0. The van der Waals surface area contributed by atoms with E-state index in [-0.39, 0.29) is 18.4 Å². The number of amides is 2. The Morgan fingerprint density at radius 3 is 3.00 bits per heavy atom. The monoisotopic (exact) mass is 424 g/mol. The van der Waals surface area contributed by atoms with Crippen LogP contribution in [0.15, 0.2) is 30.6 Å². The highest BCUT2D eigenvalue weighted by Crippen LogP contribution is 2.26. The number of ether oxygens (including phenoxy) is 1. The lowest BCUT2D eigenvalue weighted by molar-refractivity contribution is -0.142. The van der Waals surface area contributed by atoms with E-state index in [1.54, 1.807) is 22.9 Å². The number of rotatable bonds is 8. The second-order valence-electron chi connectivity index (χ2n) is 8.33. The first-order chi connectivity index (χ1) is 15.0. The van der Waals surface area contributed by atoms with Gasteiger partial charge in [-0.05, 0) is 42.5 Å². The van der Waals surface area contributed by atoms with Crippen molar-refractivity contribution in [2.24, 2.45) is 5.92 Å². The summed E-state index contributed by atoms with van der Waals surface area (Å²) in [5, 5.41) is 12.0. The zero-order chi connectivity index (χ0) is 22.0. The summed E-state index contributed by atoms with van der Waals surface area (Å²) in [5.41, 5.74) is 2.99. The number of H-pyrrole nitrogens is 1. The Bertz CT molecular complexity index is 1090. The Labute approximate surface area is 180 Å². The summed E-state index contributed by atoms with van der Waals surface area (Å²) in [6.07, 6.45) is 4.96. The number of carbonyl (C=O) groups is 2. The highest BCUT2D eigenvalue weighted by Gasteiger charge is 2.35. The Balaban J connectivity index is 1.35. The van der Waals surface area contributed by atoms with Gasteiger partial charge in [0, 0.05) is 23.6 Å². The van der Waals surface area contributed by atoms with Gasteiger partial charge in [-0.3, -0.25) is 9.59 Å². The first kappa shape index (κ1) is 20.9. The van der Waals surface area contributed by atoms with Crippen molar-refractivity contribution in [3.63, 3.8) is 0 Å². The summed E-state index contributed by atoms with van der Waals surface area (Å²) in [7, 11) is 1.64. The number of benzene rings is 1. The minimum atomic E-state index is -0.403. The smallest absolute Gasteiger partial charge is 0.248 e. The van der Waals surface area contributed by atoms with Crippen LogP contribution in [0.4, 0.5) is 0 Å². The van der Waals surface area contributed by atoms with Crippen LogP contribution in [0.25, 0.3) is 10.9 Å². The van der Waals surface area contributed by atoms with Gasteiger partial charge in [-0.15, -0.1) is 5.10 Å². The van der Waals surface area contributed by atoms with Crippen LogP contribution in [0, 0.1) is 5.92 Å². The molecule has 0 radical (unpaired) electrons. The van der Waals surface area contributed by atoms with Crippen molar-refractivity contribution in [3.8, 4) is 5.75 Å². The van der Waals surface area contributed by atoms with Gasteiger partial charge in [-0.1, -0.05) is 19.1 Å². The van der Waals surface area contributed by atoms with E-state index in [0.29, 0.717) is 31.8 Å². The third kappa shape index (κ3) is 4.40. The van der Waals surface area contributed by atoms with Gasteiger partial charge in [0.1, 0.15) is 11.8 Å². The van der Waals surface area contributed by atoms with Crippen molar-refractivity contribution < 1.29 is 14.3 Å². The Morgan fingerprint density at radius 2 is 2.23 bits per heavy atom. The first-order valence-corrected chi connectivity index (χ1v) is 10.5. The summed E-state index contributed by atoms with van der Waals surface area (Å²) in [6, 6.07) is 5.47. The first-order valence-electron chi connectivity index (χ1n) is 10.5. The summed E-state index contributed by atoms with van der Waals surface area (Å²) in [4.78, 5) is 30.4. The molecule has 0 spiro atoms. The quantitative estimate of drug-likeness (QED) is 0.576. The standard InChI is InChI=1S/C22H28N6O3/c1-14(2)8-20-22(30)27(12-16-11-25-26-28(16)20)13-21(29)23-7-6-15-10-24-19-5-4-17(31-3)9-18(15)19/h4-5,9-11,14,20,24H,6-8,12-13H2,1-3H3,(H,23,29)/t20-/m0/s1.